The van der Waals surface area contributed by atoms with Crippen molar-refractivity contribution in [3.63, 3.8) is 0 Å². The zero-order valence-electron chi connectivity index (χ0n) is 13.7. The fourth-order valence-electron chi connectivity index (χ4n) is 2.06. The number of aromatic hydroxyl groups is 2. The monoisotopic (exact) mass is 421 g/mol. The number of methoxy groups -OCH3 is 2. The number of phenolic OH excluding ortho intramolecular Hbond substituents is 2. The van der Waals surface area contributed by atoms with Crippen LogP contribution in [0.4, 0.5) is 0 Å². The molecular formula is C14H13O11S2-. The van der Waals surface area contributed by atoms with Gasteiger partial charge in [0.2, 0.25) is 15.4 Å². The molecule has 0 aliphatic heterocycles. The first-order valence-corrected chi connectivity index (χ1v) is 9.66. The van der Waals surface area contributed by atoms with E-state index in [1.165, 1.54) is 0 Å². The van der Waals surface area contributed by atoms with E-state index in [-0.39, 0.29) is 11.5 Å². The minimum Gasteiger partial charge on any atom is -0.744 e. The Labute approximate surface area is 154 Å². The zero-order valence-corrected chi connectivity index (χ0v) is 15.4. The Morgan fingerprint density at radius 3 is 1.85 bits per heavy atom. The molecule has 0 spiro atoms. The largest absolute Gasteiger partial charge is 0.744 e. The molecule has 0 fully saturated rings. The minimum atomic E-state index is -5.16. The lowest BCUT2D eigenvalue weighted by molar-refractivity contribution is 0.352. The van der Waals surface area contributed by atoms with Crippen LogP contribution in [0.15, 0.2) is 34.1 Å². The molecule has 11 nitrogen and oxygen atoms in total. The highest BCUT2D eigenvalue weighted by molar-refractivity contribution is 7.92. The average Bonchev–Trinajstić information content (AvgIpc) is 2.55. The first-order valence-electron chi connectivity index (χ1n) is 6.81. The third-order valence-corrected chi connectivity index (χ3v) is 4.99. The maximum absolute atomic E-state index is 11.5. The van der Waals surface area contributed by atoms with E-state index < -0.39 is 53.4 Å². The molecule has 0 aliphatic rings. The van der Waals surface area contributed by atoms with Gasteiger partial charge < -0.3 is 33.5 Å². The Kier molecular flexibility index (Phi) is 5.53. The zero-order chi connectivity index (χ0) is 20.6. The third kappa shape index (κ3) is 4.40. The van der Waals surface area contributed by atoms with Crippen LogP contribution in [0.5, 0.6) is 34.5 Å². The highest BCUT2D eigenvalue weighted by Crippen LogP contribution is 2.43. The van der Waals surface area contributed by atoms with Gasteiger partial charge in [-0.25, -0.2) is 8.42 Å². The second kappa shape index (κ2) is 7.21. The topological polar surface area (TPSA) is 186 Å². The van der Waals surface area contributed by atoms with Crippen LogP contribution in [0.25, 0.3) is 0 Å². The molecule has 0 radical (unpaired) electrons. The molecule has 0 aromatic heterocycles. The summed E-state index contributed by atoms with van der Waals surface area (Å²) in [6, 6.07) is 2.83. The van der Waals surface area contributed by atoms with Crippen LogP contribution >= 0.6 is 0 Å². The molecule has 13 heteroatoms. The van der Waals surface area contributed by atoms with Crippen molar-refractivity contribution in [1.29, 1.82) is 0 Å². The lowest BCUT2D eigenvalue weighted by Gasteiger charge is -2.18. The molecule has 2 aromatic rings. The Bertz CT molecular complexity index is 1020. The van der Waals surface area contributed by atoms with Crippen LogP contribution in [0.1, 0.15) is 0 Å². The van der Waals surface area contributed by atoms with Crippen molar-refractivity contribution in [2.24, 2.45) is 0 Å². The summed E-state index contributed by atoms with van der Waals surface area (Å²) in [6.07, 6.45) is 0. The molecule has 1 atom stereocenters. The van der Waals surface area contributed by atoms with Gasteiger partial charge in [-0.05, 0) is 0 Å². The number of benzene rings is 2. The predicted octanol–water partition coefficient (Wildman–Crippen LogP) is 1.27. The van der Waals surface area contributed by atoms with Gasteiger partial charge in [0, 0.05) is 24.3 Å². The number of rotatable bonds is 6. The van der Waals surface area contributed by atoms with Crippen LogP contribution in [0.2, 0.25) is 0 Å². The lowest BCUT2D eigenvalue weighted by Crippen LogP contribution is -2.10. The second-order valence-electron chi connectivity index (χ2n) is 4.97. The Morgan fingerprint density at radius 1 is 0.926 bits per heavy atom. The highest BCUT2D eigenvalue weighted by atomic mass is 32.3. The molecule has 1 unspecified atom stereocenters. The Hall–Kier alpha value is -2.58. The average molecular weight is 421 g/mol. The molecule has 0 heterocycles. The van der Waals surface area contributed by atoms with Crippen molar-refractivity contribution in [3.8, 4) is 34.5 Å². The van der Waals surface area contributed by atoms with Crippen LogP contribution in [0.3, 0.4) is 0 Å². The maximum Gasteiger partial charge on any atom is 0.234 e. The van der Waals surface area contributed by atoms with Crippen molar-refractivity contribution in [2.75, 3.05) is 14.2 Å². The molecule has 2 aromatic carbocycles. The van der Waals surface area contributed by atoms with Gasteiger partial charge in [0.1, 0.15) is 20.8 Å². The fourth-order valence-corrected chi connectivity index (χ4v) is 3.28. The Balaban J connectivity index is 2.75. The molecule has 3 N–H and O–H groups in total. The number of hydrogen-bond donors (Lipinski definition) is 3. The number of phenols is 2. The van der Waals surface area contributed by atoms with Gasteiger partial charge in [0.05, 0.1) is 14.2 Å². The number of hydrogen-bond acceptors (Lipinski definition) is 10. The van der Waals surface area contributed by atoms with Crippen LogP contribution in [0, 0.1) is 0 Å². The van der Waals surface area contributed by atoms with Gasteiger partial charge >= 0.3 is 0 Å². The second-order valence-corrected chi connectivity index (χ2v) is 7.71. The summed E-state index contributed by atoms with van der Waals surface area (Å²) >= 11 is 0. The lowest BCUT2D eigenvalue weighted by atomic mass is 10.2. The molecule has 27 heavy (non-hydrogen) atoms. The highest BCUT2D eigenvalue weighted by Gasteiger charge is 2.28. The van der Waals surface area contributed by atoms with Crippen LogP contribution in [-0.2, 0) is 24.8 Å². The van der Waals surface area contributed by atoms with E-state index in [0.717, 1.165) is 26.4 Å². The molecule has 0 aliphatic carbocycles. The summed E-state index contributed by atoms with van der Waals surface area (Å²) in [6.45, 7) is 0. The van der Waals surface area contributed by atoms with E-state index in [9.17, 15) is 36.5 Å². The molecule has 0 saturated carbocycles. The molecule has 148 valence electrons. The smallest absolute Gasteiger partial charge is 0.234 e. The van der Waals surface area contributed by atoms with Gasteiger partial charge in [-0.15, -0.1) is 0 Å². The standard InChI is InChI=1S/C14H14O11S2/c1-23-9-5-11(13(3-7(9)15)26(17,18)19)25-12-6-10(24-2)8(16)4-14(12)27(20,21)22/h3-6H,1-2H3,(H4-,15,16,17,18,19,20,21,22)/p-1. The fraction of sp³-hybridized carbons (Fsp3) is 0.143. The minimum absolute atomic E-state index is 0.269. The molecule has 0 bridgehead atoms. The van der Waals surface area contributed by atoms with Gasteiger partial charge in [0.15, 0.2) is 28.7 Å². The quantitative estimate of drug-likeness (QED) is 0.450. The van der Waals surface area contributed by atoms with Gasteiger partial charge in [-0.3, -0.25) is 0 Å². The van der Waals surface area contributed by atoms with Gasteiger partial charge in [0.25, 0.3) is 0 Å². The number of ether oxygens (including phenoxy) is 3. The summed E-state index contributed by atoms with van der Waals surface area (Å²) in [5, 5.41) is 19.4. The van der Waals surface area contributed by atoms with E-state index >= 15 is 0 Å². The molecular weight excluding hydrogens is 408 g/mol. The van der Waals surface area contributed by atoms with Crippen LogP contribution in [-0.4, -0.2) is 46.5 Å². The van der Waals surface area contributed by atoms with E-state index in [1.807, 2.05) is 0 Å². The Morgan fingerprint density at radius 2 is 1.41 bits per heavy atom. The molecule has 0 saturated heterocycles. The van der Waals surface area contributed by atoms with Gasteiger partial charge in [-0.2, -0.15) is 4.55 Å². The maximum atomic E-state index is 11.5. The van der Waals surface area contributed by atoms with Crippen molar-refractivity contribution in [1.82, 2.24) is 0 Å². The van der Waals surface area contributed by atoms with Crippen molar-refractivity contribution < 1.29 is 50.7 Å². The molecule has 2 rings (SSSR count). The predicted molar refractivity (Wildman–Crippen MR) is 87.1 cm³/mol. The van der Waals surface area contributed by atoms with E-state index in [2.05, 4.69) is 0 Å². The van der Waals surface area contributed by atoms with Crippen molar-refractivity contribution in [2.45, 2.75) is 9.79 Å². The van der Waals surface area contributed by atoms with E-state index in [1.54, 1.807) is 0 Å². The normalized spacial score (nSPS) is 13.7. The summed E-state index contributed by atoms with van der Waals surface area (Å²) in [7, 11) is -7.80. The summed E-state index contributed by atoms with van der Waals surface area (Å²) in [4.78, 5) is -1.95. The summed E-state index contributed by atoms with van der Waals surface area (Å²) in [5.41, 5.74) is 0. The van der Waals surface area contributed by atoms with Gasteiger partial charge in [-0.1, -0.05) is 4.21 Å². The molecule has 0 amide bonds. The van der Waals surface area contributed by atoms with Crippen LogP contribution < -0.4 is 14.2 Å². The summed E-state index contributed by atoms with van der Waals surface area (Å²) < 4.78 is 81.5. The van der Waals surface area contributed by atoms with E-state index in [0.29, 0.717) is 12.1 Å². The van der Waals surface area contributed by atoms with Crippen molar-refractivity contribution >= 4 is 20.6 Å². The first-order chi connectivity index (χ1) is 12.4. The SMILES string of the molecule is COc1cc(Oc2cc(OC)c(O)cc2[S+](=O)([O-])O)c(S(=O)(=O)[O-])cc1O. The third-order valence-electron chi connectivity index (χ3n) is 3.26. The van der Waals surface area contributed by atoms with E-state index in [4.69, 9.17) is 14.2 Å². The van der Waals surface area contributed by atoms with Crippen molar-refractivity contribution in [3.05, 3.63) is 24.3 Å². The first kappa shape index (κ1) is 20.7. The summed E-state index contributed by atoms with van der Waals surface area (Å²) in [5.74, 6) is -3.25.